The van der Waals surface area contributed by atoms with Gasteiger partial charge in [-0.25, -0.2) is 0 Å². The van der Waals surface area contributed by atoms with Crippen LogP contribution >= 0.6 is 0 Å². The number of hydrogen-bond acceptors (Lipinski definition) is 3. The average Bonchev–Trinajstić information content (AvgIpc) is 2.53. The van der Waals surface area contributed by atoms with Crippen molar-refractivity contribution < 1.29 is 9.53 Å². The van der Waals surface area contributed by atoms with Crippen LogP contribution in [0, 0.1) is 0 Å². The Morgan fingerprint density at radius 3 is 2.62 bits per heavy atom. The largest absolute Gasteiger partial charge is 0.497 e. The second-order valence-electron chi connectivity index (χ2n) is 5.24. The van der Waals surface area contributed by atoms with Crippen LogP contribution in [0.25, 0.3) is 0 Å². The molecule has 1 heterocycles. The maximum absolute atomic E-state index is 12.7. The van der Waals surface area contributed by atoms with E-state index >= 15 is 0 Å². The van der Waals surface area contributed by atoms with E-state index in [1.165, 1.54) is 0 Å². The van der Waals surface area contributed by atoms with E-state index < -0.39 is 0 Å². The molecule has 4 heteroatoms. The van der Waals surface area contributed by atoms with Crippen molar-refractivity contribution in [2.24, 2.45) is 5.73 Å². The highest BCUT2D eigenvalue weighted by Gasteiger charge is 2.27. The number of nitrogens with two attached hydrogens (primary N) is 1. The number of ether oxygens (including phenoxy) is 1. The van der Waals surface area contributed by atoms with Gasteiger partial charge in [-0.3, -0.25) is 4.79 Å². The van der Waals surface area contributed by atoms with Crippen molar-refractivity contribution in [1.29, 1.82) is 0 Å². The second-order valence-corrected chi connectivity index (χ2v) is 5.24. The first-order valence-electron chi connectivity index (χ1n) is 6.98. The Kier molecular flexibility index (Phi) is 3.62. The van der Waals surface area contributed by atoms with E-state index in [9.17, 15) is 4.79 Å². The van der Waals surface area contributed by atoms with Crippen LogP contribution in [0.5, 0.6) is 5.75 Å². The SMILES string of the molecule is COc1ccc(C(=O)N2CC(N)Cc3ccccc32)cc1. The molecule has 1 atom stereocenters. The standard InChI is InChI=1S/C17H18N2O2/c1-21-15-8-6-12(7-9-15)17(20)19-11-14(18)10-13-4-2-3-5-16(13)19/h2-9,14H,10-11,18H2,1H3. The van der Waals surface area contributed by atoms with Crippen LogP contribution in [0.4, 0.5) is 5.69 Å². The van der Waals surface area contributed by atoms with Crippen molar-refractivity contribution >= 4 is 11.6 Å². The van der Waals surface area contributed by atoms with Crippen molar-refractivity contribution in [1.82, 2.24) is 0 Å². The molecule has 2 aromatic carbocycles. The van der Waals surface area contributed by atoms with Crippen LogP contribution in [-0.2, 0) is 6.42 Å². The van der Waals surface area contributed by atoms with Gasteiger partial charge in [0.25, 0.3) is 5.91 Å². The predicted molar refractivity (Wildman–Crippen MR) is 82.8 cm³/mol. The minimum absolute atomic E-state index is 0.0258. The summed E-state index contributed by atoms with van der Waals surface area (Å²) in [6, 6.07) is 15.1. The molecule has 1 aliphatic heterocycles. The summed E-state index contributed by atoms with van der Waals surface area (Å²) in [6.45, 7) is 0.544. The van der Waals surface area contributed by atoms with Crippen LogP contribution in [0.1, 0.15) is 15.9 Å². The third-order valence-corrected chi connectivity index (χ3v) is 3.76. The number of nitrogens with zero attached hydrogens (tertiary/aromatic N) is 1. The Labute approximate surface area is 124 Å². The van der Waals surface area contributed by atoms with Gasteiger partial charge < -0.3 is 15.4 Å². The Balaban J connectivity index is 1.93. The third-order valence-electron chi connectivity index (χ3n) is 3.76. The average molecular weight is 282 g/mol. The van der Waals surface area contributed by atoms with Crippen molar-refractivity contribution in [3.8, 4) is 5.75 Å². The van der Waals surface area contributed by atoms with E-state index in [0.29, 0.717) is 12.1 Å². The normalized spacial score (nSPS) is 17.2. The number of methoxy groups -OCH3 is 1. The number of rotatable bonds is 2. The van der Waals surface area contributed by atoms with Gasteiger partial charge in [-0.1, -0.05) is 18.2 Å². The molecule has 21 heavy (non-hydrogen) atoms. The summed E-state index contributed by atoms with van der Waals surface area (Å²) in [7, 11) is 1.61. The summed E-state index contributed by atoms with van der Waals surface area (Å²) in [5, 5.41) is 0. The van der Waals surface area contributed by atoms with Gasteiger partial charge in [0.2, 0.25) is 0 Å². The van der Waals surface area contributed by atoms with Crippen molar-refractivity contribution in [3.63, 3.8) is 0 Å². The van der Waals surface area contributed by atoms with Crippen LogP contribution in [-0.4, -0.2) is 25.6 Å². The molecule has 1 amide bonds. The lowest BCUT2D eigenvalue weighted by Gasteiger charge is -2.33. The zero-order chi connectivity index (χ0) is 14.8. The molecule has 0 saturated heterocycles. The van der Waals surface area contributed by atoms with Gasteiger partial charge in [-0.15, -0.1) is 0 Å². The number of carbonyl (C=O) groups excluding carboxylic acids is 1. The van der Waals surface area contributed by atoms with Gasteiger partial charge in [0.05, 0.1) is 7.11 Å². The molecule has 0 bridgehead atoms. The Hall–Kier alpha value is -2.33. The fourth-order valence-corrected chi connectivity index (χ4v) is 2.71. The van der Waals surface area contributed by atoms with Gasteiger partial charge in [-0.2, -0.15) is 0 Å². The lowest BCUT2D eigenvalue weighted by Crippen LogP contribution is -2.46. The summed E-state index contributed by atoms with van der Waals surface area (Å²) >= 11 is 0. The molecule has 2 aromatic rings. The summed E-state index contributed by atoms with van der Waals surface area (Å²) in [4.78, 5) is 14.5. The number of para-hydroxylation sites is 1. The number of fused-ring (bicyclic) bond motifs is 1. The Morgan fingerprint density at radius 1 is 1.19 bits per heavy atom. The molecular formula is C17H18N2O2. The maximum Gasteiger partial charge on any atom is 0.258 e. The first-order chi connectivity index (χ1) is 10.2. The highest BCUT2D eigenvalue weighted by Crippen LogP contribution is 2.28. The van der Waals surface area contributed by atoms with E-state index in [1.54, 1.807) is 36.3 Å². The highest BCUT2D eigenvalue weighted by molar-refractivity contribution is 6.06. The number of carbonyl (C=O) groups is 1. The van der Waals surface area contributed by atoms with E-state index in [4.69, 9.17) is 10.5 Å². The van der Waals surface area contributed by atoms with Gasteiger partial charge in [0.15, 0.2) is 0 Å². The van der Waals surface area contributed by atoms with Gasteiger partial charge in [-0.05, 0) is 42.3 Å². The first kappa shape index (κ1) is 13.6. The first-order valence-corrected chi connectivity index (χ1v) is 6.98. The minimum Gasteiger partial charge on any atom is -0.497 e. The molecule has 0 aromatic heterocycles. The number of amides is 1. The van der Waals surface area contributed by atoms with Crippen molar-refractivity contribution in [2.45, 2.75) is 12.5 Å². The van der Waals surface area contributed by atoms with Gasteiger partial charge in [0, 0.05) is 23.8 Å². The number of hydrogen-bond donors (Lipinski definition) is 1. The Bertz CT molecular complexity index is 652. The molecule has 0 aliphatic carbocycles. The molecule has 1 unspecified atom stereocenters. The van der Waals surface area contributed by atoms with E-state index in [2.05, 4.69) is 0 Å². The monoisotopic (exact) mass is 282 g/mol. The van der Waals surface area contributed by atoms with Crippen LogP contribution in [0.15, 0.2) is 48.5 Å². The molecule has 2 N–H and O–H groups in total. The Morgan fingerprint density at radius 2 is 1.90 bits per heavy atom. The number of benzene rings is 2. The molecular weight excluding hydrogens is 264 g/mol. The zero-order valence-electron chi connectivity index (χ0n) is 12.0. The zero-order valence-corrected chi connectivity index (χ0v) is 12.0. The second kappa shape index (κ2) is 5.58. The van der Waals surface area contributed by atoms with E-state index in [0.717, 1.165) is 23.4 Å². The third kappa shape index (κ3) is 2.62. The summed E-state index contributed by atoms with van der Waals surface area (Å²) < 4.78 is 5.12. The van der Waals surface area contributed by atoms with Gasteiger partial charge in [0.1, 0.15) is 5.75 Å². The molecule has 3 rings (SSSR count). The van der Waals surface area contributed by atoms with Crippen LogP contribution in [0.2, 0.25) is 0 Å². The van der Waals surface area contributed by atoms with Crippen LogP contribution in [0.3, 0.4) is 0 Å². The smallest absolute Gasteiger partial charge is 0.258 e. The summed E-state index contributed by atoms with van der Waals surface area (Å²) in [5.74, 6) is 0.711. The van der Waals surface area contributed by atoms with Crippen molar-refractivity contribution in [2.75, 3.05) is 18.6 Å². The molecule has 4 nitrogen and oxygen atoms in total. The highest BCUT2D eigenvalue weighted by atomic mass is 16.5. The quantitative estimate of drug-likeness (QED) is 0.919. The minimum atomic E-state index is -0.0275. The molecule has 0 radical (unpaired) electrons. The molecule has 0 spiro atoms. The molecule has 1 aliphatic rings. The van der Waals surface area contributed by atoms with E-state index in [1.807, 2.05) is 24.3 Å². The fourth-order valence-electron chi connectivity index (χ4n) is 2.71. The van der Waals surface area contributed by atoms with Gasteiger partial charge >= 0.3 is 0 Å². The molecule has 0 saturated carbocycles. The fraction of sp³-hybridized carbons (Fsp3) is 0.235. The topological polar surface area (TPSA) is 55.6 Å². The summed E-state index contributed by atoms with van der Waals surface area (Å²) in [5.41, 5.74) is 8.81. The molecule has 108 valence electrons. The van der Waals surface area contributed by atoms with E-state index in [-0.39, 0.29) is 11.9 Å². The molecule has 0 fully saturated rings. The summed E-state index contributed by atoms with van der Waals surface area (Å²) in [6.07, 6.45) is 0.808. The van der Waals surface area contributed by atoms with Crippen LogP contribution < -0.4 is 15.4 Å². The predicted octanol–water partition coefficient (Wildman–Crippen LogP) is 2.23. The lowest BCUT2D eigenvalue weighted by atomic mass is 9.97. The lowest BCUT2D eigenvalue weighted by molar-refractivity contribution is 0.0983. The maximum atomic E-state index is 12.7. The van der Waals surface area contributed by atoms with Crippen molar-refractivity contribution in [3.05, 3.63) is 59.7 Å². The number of anilines is 1.